The van der Waals surface area contributed by atoms with E-state index in [1.807, 2.05) is 42.1 Å². The summed E-state index contributed by atoms with van der Waals surface area (Å²) in [6.45, 7) is 2.92. The molecule has 126 valence electrons. The molecule has 2 heterocycles. The van der Waals surface area contributed by atoms with E-state index < -0.39 is 0 Å². The number of nitrogens with zero attached hydrogens (tertiary/aromatic N) is 2. The zero-order valence-electron chi connectivity index (χ0n) is 13.9. The molecule has 6 nitrogen and oxygen atoms in total. The van der Waals surface area contributed by atoms with Crippen LogP contribution in [-0.2, 0) is 11.3 Å². The van der Waals surface area contributed by atoms with Crippen LogP contribution in [0.25, 0.3) is 0 Å². The van der Waals surface area contributed by atoms with Crippen molar-refractivity contribution in [2.75, 3.05) is 26.7 Å². The van der Waals surface area contributed by atoms with Gasteiger partial charge in [-0.2, -0.15) is 0 Å². The number of fused-ring (bicyclic) bond motifs is 1. The lowest BCUT2D eigenvalue weighted by Gasteiger charge is -2.20. The van der Waals surface area contributed by atoms with E-state index in [0.717, 1.165) is 25.1 Å². The number of nitrogens with one attached hydrogen (secondary N) is 2. The van der Waals surface area contributed by atoms with Gasteiger partial charge in [-0.05, 0) is 35.6 Å². The van der Waals surface area contributed by atoms with E-state index in [0.29, 0.717) is 25.0 Å². The monoisotopic (exact) mass is 327 g/mol. The van der Waals surface area contributed by atoms with Gasteiger partial charge in [0.25, 0.3) is 0 Å². The molecule has 1 aromatic carbocycles. The van der Waals surface area contributed by atoms with Gasteiger partial charge in [0, 0.05) is 12.0 Å². The molecule has 2 fully saturated rings. The van der Waals surface area contributed by atoms with Crippen LogP contribution in [0.2, 0.25) is 0 Å². The summed E-state index contributed by atoms with van der Waals surface area (Å²) in [6.07, 6.45) is 2.61. The minimum Gasteiger partial charge on any atom is -0.445 e. The fourth-order valence-corrected chi connectivity index (χ4v) is 4.21. The Morgan fingerprint density at radius 3 is 2.79 bits per heavy atom. The lowest BCUT2D eigenvalue weighted by Crippen LogP contribution is -2.40. The van der Waals surface area contributed by atoms with E-state index in [1.54, 1.807) is 0 Å². The van der Waals surface area contributed by atoms with Crippen molar-refractivity contribution in [1.29, 1.82) is 0 Å². The number of piperidine rings is 1. The van der Waals surface area contributed by atoms with Crippen molar-refractivity contribution in [3.8, 4) is 0 Å². The van der Waals surface area contributed by atoms with E-state index >= 15 is 0 Å². The van der Waals surface area contributed by atoms with Gasteiger partial charge in [0.1, 0.15) is 12.3 Å². The first-order valence-corrected chi connectivity index (χ1v) is 8.49. The number of benzene rings is 1. The Kier molecular flexibility index (Phi) is 3.84. The molecule has 1 aromatic rings. The zero-order valence-corrected chi connectivity index (χ0v) is 13.9. The fourth-order valence-electron chi connectivity index (χ4n) is 4.21. The predicted octanol–water partition coefficient (Wildman–Crippen LogP) is 1.22. The number of carbonyl (C=O) groups is 1. The highest BCUT2D eigenvalue weighted by molar-refractivity contribution is 6.02. The summed E-state index contributed by atoms with van der Waals surface area (Å²) in [5, 5.41) is 11.0. The number of hydrogen-bond donors (Lipinski definition) is 2. The topological polar surface area (TPSA) is 65.7 Å². The molecular weight excluding hydrogens is 304 g/mol. The average Bonchev–Trinajstić information content (AvgIpc) is 2.99. The van der Waals surface area contributed by atoms with Crippen LogP contribution in [0, 0.1) is 17.3 Å². The van der Waals surface area contributed by atoms with Crippen molar-refractivity contribution >= 4 is 18.0 Å². The van der Waals surface area contributed by atoms with Crippen molar-refractivity contribution in [3.63, 3.8) is 0 Å². The van der Waals surface area contributed by atoms with Crippen LogP contribution in [-0.4, -0.2) is 49.4 Å². The second kappa shape index (κ2) is 6.02. The van der Waals surface area contributed by atoms with Crippen molar-refractivity contribution < 1.29 is 14.2 Å². The van der Waals surface area contributed by atoms with E-state index in [4.69, 9.17) is 4.74 Å². The molecule has 2 N–H and O–H groups in total. The fraction of sp³-hybridized carbons (Fsp3) is 0.500. The van der Waals surface area contributed by atoms with Gasteiger partial charge in [-0.1, -0.05) is 35.0 Å². The van der Waals surface area contributed by atoms with E-state index in [1.165, 1.54) is 5.71 Å². The third-order valence-electron chi connectivity index (χ3n) is 5.53. The Balaban J connectivity index is 1.35. The van der Waals surface area contributed by atoms with Gasteiger partial charge in [0.05, 0.1) is 6.42 Å². The second-order valence-corrected chi connectivity index (χ2v) is 6.83. The van der Waals surface area contributed by atoms with Crippen LogP contribution in [0.4, 0.5) is 4.79 Å². The minimum absolute atomic E-state index is 0.0122. The van der Waals surface area contributed by atoms with Crippen molar-refractivity contribution in [1.82, 2.24) is 10.6 Å². The first-order chi connectivity index (χ1) is 11.7. The van der Waals surface area contributed by atoms with Gasteiger partial charge in [0.2, 0.25) is 0 Å². The summed E-state index contributed by atoms with van der Waals surface area (Å²) in [5.41, 5.74) is 2.20. The number of alkyl carbamates (subject to hydrolysis) is 1. The van der Waals surface area contributed by atoms with Gasteiger partial charge in [-0.3, -0.25) is 0 Å². The average molecular weight is 327 g/mol. The molecular formula is C18H23N4O2+. The number of hydrogen-bond acceptors (Lipinski definition) is 4. The van der Waals surface area contributed by atoms with Crippen LogP contribution in [0.15, 0.2) is 35.4 Å². The Morgan fingerprint density at radius 1 is 1.38 bits per heavy atom. The molecule has 1 saturated heterocycles. The maximum atomic E-state index is 12.1. The number of hydrazone groups is 1. The second-order valence-electron chi connectivity index (χ2n) is 6.83. The molecule has 1 unspecified atom stereocenters. The van der Waals surface area contributed by atoms with E-state index in [2.05, 4.69) is 21.9 Å². The third-order valence-corrected chi connectivity index (χ3v) is 5.53. The summed E-state index contributed by atoms with van der Waals surface area (Å²) < 4.78 is 7.21. The smallest absolute Gasteiger partial charge is 0.407 e. The van der Waals surface area contributed by atoms with Crippen LogP contribution in [0.1, 0.15) is 12.0 Å². The number of rotatable bonds is 5. The Hall–Kier alpha value is -2.21. The predicted molar refractivity (Wildman–Crippen MR) is 91.2 cm³/mol. The molecule has 1 saturated carbocycles. The normalized spacial score (nSPS) is 30.4. The number of carbonyl (C=O) groups excluding carboxylic acids is 1. The van der Waals surface area contributed by atoms with Crippen molar-refractivity contribution in [2.24, 2.45) is 22.4 Å². The highest BCUT2D eigenvalue weighted by Gasteiger charge is 2.69. The molecule has 1 aliphatic carbocycles. The third kappa shape index (κ3) is 2.60. The lowest BCUT2D eigenvalue weighted by molar-refractivity contribution is -0.495. The molecule has 24 heavy (non-hydrogen) atoms. The Bertz CT molecular complexity index is 688. The lowest BCUT2D eigenvalue weighted by atomic mass is 9.92. The van der Waals surface area contributed by atoms with Crippen LogP contribution in [0.5, 0.6) is 0 Å². The summed E-state index contributed by atoms with van der Waals surface area (Å²) in [4.78, 5) is 12.1. The molecule has 0 radical (unpaired) electrons. The highest BCUT2D eigenvalue weighted by atomic mass is 16.5. The molecule has 2 aliphatic heterocycles. The molecule has 6 heteroatoms. The van der Waals surface area contributed by atoms with Crippen LogP contribution < -0.4 is 10.6 Å². The van der Waals surface area contributed by atoms with Gasteiger partial charge in [-0.15, -0.1) is 0 Å². The van der Waals surface area contributed by atoms with Gasteiger partial charge in [0.15, 0.2) is 13.3 Å². The molecule has 0 spiro atoms. The first kappa shape index (κ1) is 15.3. The Morgan fingerprint density at radius 2 is 2.12 bits per heavy atom. The minimum atomic E-state index is -0.355. The molecule has 3 atom stereocenters. The summed E-state index contributed by atoms with van der Waals surface area (Å²) in [6, 6.07) is 9.73. The summed E-state index contributed by atoms with van der Waals surface area (Å²) in [7, 11) is 1.96. The van der Waals surface area contributed by atoms with Crippen LogP contribution in [0.3, 0.4) is 0 Å². The van der Waals surface area contributed by atoms with Crippen molar-refractivity contribution in [2.45, 2.75) is 13.0 Å². The molecule has 0 bridgehead atoms. The summed E-state index contributed by atoms with van der Waals surface area (Å²) in [5.74, 6) is 1.15. The van der Waals surface area contributed by atoms with Gasteiger partial charge < -0.3 is 15.4 Å². The Labute approximate surface area is 141 Å². The quantitative estimate of drug-likeness (QED) is 0.799. The van der Waals surface area contributed by atoms with E-state index in [-0.39, 0.29) is 11.5 Å². The highest BCUT2D eigenvalue weighted by Crippen LogP contribution is 2.61. The molecule has 3 aliphatic rings. The largest absolute Gasteiger partial charge is 0.445 e. The first-order valence-electron chi connectivity index (χ1n) is 8.49. The standard InChI is InChI=1S/C18H22N4O2/c1-22-8-7-16(21-22)18(14-9-19-10-15(14)18)12-20-17(23)24-11-13-5-3-2-4-6-13/h2-6,8,14-15,19H,7,9-12H2,1H3/p+1/t14-,15+,18?. The van der Waals surface area contributed by atoms with Crippen LogP contribution >= 0.6 is 0 Å². The SMILES string of the molecule is C[N+]1=CCC(C2(CNC(=O)OCc3ccccc3)[C@@H]3CNC[C@@H]32)=N1. The number of amides is 1. The van der Waals surface area contributed by atoms with E-state index in [9.17, 15) is 4.79 Å². The van der Waals surface area contributed by atoms with Crippen molar-refractivity contribution in [3.05, 3.63) is 35.9 Å². The van der Waals surface area contributed by atoms with Gasteiger partial charge in [-0.25, -0.2) is 4.79 Å². The maximum Gasteiger partial charge on any atom is 0.407 e. The molecule has 0 aromatic heterocycles. The van der Waals surface area contributed by atoms with Gasteiger partial charge >= 0.3 is 6.09 Å². The number of ether oxygens (including phenoxy) is 1. The molecule has 1 amide bonds. The zero-order chi connectivity index (χ0) is 16.6. The maximum absolute atomic E-state index is 12.1. The summed E-state index contributed by atoms with van der Waals surface area (Å²) >= 11 is 0. The molecule has 4 rings (SSSR count).